The van der Waals surface area contributed by atoms with Crippen molar-refractivity contribution < 1.29 is 27.8 Å². The fourth-order valence-electron chi connectivity index (χ4n) is 3.74. The van der Waals surface area contributed by atoms with Crippen LogP contribution < -0.4 is 15.4 Å². The van der Waals surface area contributed by atoms with E-state index < -0.39 is 17.7 Å². The van der Waals surface area contributed by atoms with E-state index in [1.807, 2.05) is 16.7 Å². The van der Waals surface area contributed by atoms with Crippen LogP contribution in [0.15, 0.2) is 42.6 Å². The van der Waals surface area contributed by atoms with Crippen LogP contribution in [0, 0.1) is 11.6 Å². The van der Waals surface area contributed by atoms with E-state index in [1.54, 1.807) is 24.3 Å². The van der Waals surface area contributed by atoms with Crippen molar-refractivity contribution in [1.29, 1.82) is 0 Å². The molecule has 0 spiro atoms. The summed E-state index contributed by atoms with van der Waals surface area (Å²) in [5, 5.41) is 5.85. The molecule has 0 radical (unpaired) electrons. The van der Waals surface area contributed by atoms with Crippen LogP contribution in [0.4, 0.5) is 19.3 Å². The fraction of sp³-hybridized carbons (Fsp3) is 0.304. The zero-order valence-corrected chi connectivity index (χ0v) is 18.1. The first-order valence-corrected chi connectivity index (χ1v) is 10.5. The number of carbonyl (C=O) groups is 2. The topological polar surface area (TPSA) is 84.8 Å². The molecule has 3 aromatic rings. The van der Waals surface area contributed by atoms with Crippen LogP contribution in [0.25, 0.3) is 10.9 Å². The smallest absolute Gasteiger partial charge is 0.319 e. The molecule has 0 unspecified atom stereocenters. The summed E-state index contributed by atoms with van der Waals surface area (Å²) in [5.41, 5.74) is 1.45. The van der Waals surface area contributed by atoms with Gasteiger partial charge in [-0.1, -0.05) is 0 Å². The van der Waals surface area contributed by atoms with Crippen molar-refractivity contribution in [2.24, 2.45) is 0 Å². The van der Waals surface area contributed by atoms with E-state index in [0.717, 1.165) is 28.6 Å². The number of fused-ring (bicyclic) bond motifs is 1. The summed E-state index contributed by atoms with van der Waals surface area (Å²) >= 11 is 0. The van der Waals surface area contributed by atoms with Gasteiger partial charge in [0.2, 0.25) is 5.91 Å². The molecule has 0 atom stereocenters. The highest BCUT2D eigenvalue weighted by Crippen LogP contribution is 2.26. The van der Waals surface area contributed by atoms with Crippen molar-refractivity contribution in [1.82, 2.24) is 14.8 Å². The second kappa shape index (κ2) is 9.86. The maximum atomic E-state index is 13.8. The van der Waals surface area contributed by atoms with Crippen LogP contribution in [-0.2, 0) is 22.6 Å². The Bertz CT molecular complexity index is 1170. The van der Waals surface area contributed by atoms with E-state index in [9.17, 15) is 18.4 Å². The van der Waals surface area contributed by atoms with E-state index >= 15 is 0 Å². The average molecular weight is 458 g/mol. The minimum Gasteiger partial charge on any atom is -0.497 e. The summed E-state index contributed by atoms with van der Waals surface area (Å²) in [6, 6.07) is 7.76. The van der Waals surface area contributed by atoms with Crippen molar-refractivity contribution >= 4 is 28.5 Å². The molecule has 10 heteroatoms. The van der Waals surface area contributed by atoms with Gasteiger partial charge in [-0.05, 0) is 35.9 Å². The van der Waals surface area contributed by atoms with E-state index in [4.69, 9.17) is 9.47 Å². The molecule has 3 amide bonds. The standard InChI is InChI=1S/C23H24F2N4O4/c1-32-17-3-5-21-18(11-17)15(13-29(21)14-22(30)28-6-8-33-9-7-28)12-26-23(31)27-20-4-2-16(24)10-19(20)25/h2-5,10-11,13H,6-9,12,14H2,1H3,(H2,26,27,31). The summed E-state index contributed by atoms with van der Waals surface area (Å²) in [6.07, 6.45) is 1.81. The Balaban J connectivity index is 1.51. The second-order valence-corrected chi connectivity index (χ2v) is 7.59. The van der Waals surface area contributed by atoms with Gasteiger partial charge in [0.1, 0.15) is 23.9 Å². The van der Waals surface area contributed by atoms with Crippen molar-refractivity contribution in [2.45, 2.75) is 13.1 Å². The molecular formula is C23H24F2N4O4. The Hall–Kier alpha value is -3.66. The fourth-order valence-corrected chi connectivity index (χ4v) is 3.74. The highest BCUT2D eigenvalue weighted by atomic mass is 19.1. The Morgan fingerprint density at radius 1 is 1.12 bits per heavy atom. The third-order valence-corrected chi connectivity index (χ3v) is 5.46. The summed E-state index contributed by atoms with van der Waals surface area (Å²) in [6.45, 7) is 2.43. The number of rotatable bonds is 6. The molecule has 4 rings (SSSR count). The Morgan fingerprint density at radius 2 is 1.91 bits per heavy atom. The van der Waals surface area contributed by atoms with Gasteiger partial charge >= 0.3 is 6.03 Å². The predicted molar refractivity (Wildman–Crippen MR) is 118 cm³/mol. The Labute approximate surface area is 189 Å². The molecule has 1 aliphatic heterocycles. The number of urea groups is 1. The molecule has 8 nitrogen and oxygen atoms in total. The Kier molecular flexibility index (Phi) is 6.74. The number of nitrogens with zero attached hydrogens (tertiary/aromatic N) is 2. The first kappa shape index (κ1) is 22.5. The molecule has 33 heavy (non-hydrogen) atoms. The van der Waals surface area contributed by atoms with Gasteiger partial charge in [0.15, 0.2) is 0 Å². The lowest BCUT2D eigenvalue weighted by atomic mass is 10.1. The number of hydrogen-bond donors (Lipinski definition) is 2. The molecule has 1 fully saturated rings. The van der Waals surface area contributed by atoms with Gasteiger partial charge in [-0.2, -0.15) is 0 Å². The molecule has 1 aliphatic rings. The Morgan fingerprint density at radius 3 is 2.64 bits per heavy atom. The SMILES string of the molecule is COc1ccc2c(c1)c(CNC(=O)Nc1ccc(F)cc1F)cn2CC(=O)N1CCOCC1. The van der Waals surface area contributed by atoms with Gasteiger partial charge in [0.05, 0.1) is 26.0 Å². The zero-order valence-electron chi connectivity index (χ0n) is 18.1. The summed E-state index contributed by atoms with van der Waals surface area (Å²) < 4.78 is 39.3. The zero-order chi connectivity index (χ0) is 23.4. The molecular weight excluding hydrogens is 434 g/mol. The maximum Gasteiger partial charge on any atom is 0.319 e. The number of methoxy groups -OCH3 is 1. The monoisotopic (exact) mass is 458 g/mol. The summed E-state index contributed by atoms with van der Waals surface area (Å²) in [4.78, 5) is 26.8. The minimum atomic E-state index is -0.867. The van der Waals surface area contributed by atoms with Crippen molar-refractivity contribution in [3.05, 3.63) is 59.8 Å². The number of amides is 3. The molecule has 2 heterocycles. The van der Waals surface area contributed by atoms with Gasteiger partial charge in [-0.25, -0.2) is 13.6 Å². The molecule has 0 saturated carbocycles. The highest BCUT2D eigenvalue weighted by Gasteiger charge is 2.19. The van der Waals surface area contributed by atoms with Gasteiger partial charge in [0, 0.05) is 42.8 Å². The average Bonchev–Trinajstić information content (AvgIpc) is 3.16. The van der Waals surface area contributed by atoms with Gasteiger partial charge in [-0.15, -0.1) is 0 Å². The quantitative estimate of drug-likeness (QED) is 0.595. The molecule has 174 valence electrons. The molecule has 1 saturated heterocycles. The van der Waals surface area contributed by atoms with Crippen LogP contribution in [-0.4, -0.2) is 54.8 Å². The maximum absolute atomic E-state index is 13.8. The molecule has 1 aromatic heterocycles. The van der Waals surface area contributed by atoms with Crippen LogP contribution >= 0.6 is 0 Å². The van der Waals surface area contributed by atoms with Crippen LogP contribution in [0.1, 0.15) is 5.56 Å². The number of morpholine rings is 1. The molecule has 0 bridgehead atoms. The van der Waals surface area contributed by atoms with E-state index in [0.29, 0.717) is 38.1 Å². The van der Waals surface area contributed by atoms with E-state index in [-0.39, 0.29) is 24.7 Å². The molecule has 2 N–H and O–H groups in total. The van der Waals surface area contributed by atoms with E-state index in [1.165, 1.54) is 0 Å². The third kappa shape index (κ3) is 5.23. The summed E-state index contributed by atoms with van der Waals surface area (Å²) in [5.74, 6) is -0.978. The van der Waals surface area contributed by atoms with Gasteiger partial charge in [0.25, 0.3) is 0 Å². The first-order valence-electron chi connectivity index (χ1n) is 10.5. The predicted octanol–water partition coefficient (Wildman–Crippen LogP) is 3.11. The summed E-state index contributed by atoms with van der Waals surface area (Å²) in [7, 11) is 1.56. The largest absolute Gasteiger partial charge is 0.497 e. The minimum absolute atomic E-state index is 0.0185. The number of benzene rings is 2. The van der Waals surface area contributed by atoms with Crippen molar-refractivity contribution in [2.75, 3.05) is 38.7 Å². The number of aromatic nitrogens is 1. The van der Waals surface area contributed by atoms with Gasteiger partial charge in [-0.3, -0.25) is 4.79 Å². The molecule has 2 aromatic carbocycles. The van der Waals surface area contributed by atoms with Crippen LogP contribution in [0.2, 0.25) is 0 Å². The normalized spacial score (nSPS) is 13.7. The van der Waals surface area contributed by atoms with Crippen LogP contribution in [0.3, 0.4) is 0 Å². The van der Waals surface area contributed by atoms with Crippen molar-refractivity contribution in [3.8, 4) is 5.75 Å². The van der Waals surface area contributed by atoms with Gasteiger partial charge < -0.3 is 29.6 Å². The second-order valence-electron chi connectivity index (χ2n) is 7.59. The number of anilines is 1. The number of hydrogen-bond acceptors (Lipinski definition) is 4. The number of carbonyl (C=O) groups excluding carboxylic acids is 2. The third-order valence-electron chi connectivity index (χ3n) is 5.46. The van der Waals surface area contributed by atoms with Crippen LogP contribution in [0.5, 0.6) is 5.75 Å². The van der Waals surface area contributed by atoms with Crippen molar-refractivity contribution in [3.63, 3.8) is 0 Å². The lowest BCUT2D eigenvalue weighted by molar-refractivity contribution is -0.135. The lowest BCUT2D eigenvalue weighted by Gasteiger charge is -2.27. The highest BCUT2D eigenvalue weighted by molar-refractivity contribution is 5.91. The molecule has 0 aliphatic carbocycles. The number of halogens is 2. The first-order chi connectivity index (χ1) is 15.9. The number of ether oxygens (including phenoxy) is 2. The van der Waals surface area contributed by atoms with E-state index in [2.05, 4.69) is 10.6 Å². The number of nitrogens with one attached hydrogen (secondary N) is 2. The lowest BCUT2D eigenvalue weighted by Crippen LogP contribution is -2.42.